The summed E-state index contributed by atoms with van der Waals surface area (Å²) in [6.07, 6.45) is 2.49. The minimum atomic E-state index is 0.540. The van der Waals surface area contributed by atoms with Gasteiger partial charge in [-0.15, -0.1) is 0 Å². The van der Waals surface area contributed by atoms with Crippen LogP contribution in [-0.2, 0) is 0 Å². The molecule has 1 fully saturated rings. The average molecular weight is 286 g/mol. The SMILES string of the molecule is Clc1cccc(-c2ccc3c(n2)N[C@H]2CCCN3C2)c1. The van der Waals surface area contributed by atoms with E-state index in [9.17, 15) is 0 Å². The van der Waals surface area contributed by atoms with Gasteiger partial charge in [-0.25, -0.2) is 4.98 Å². The van der Waals surface area contributed by atoms with Crippen LogP contribution < -0.4 is 10.2 Å². The van der Waals surface area contributed by atoms with Crippen LogP contribution in [0.1, 0.15) is 12.8 Å². The summed E-state index contributed by atoms with van der Waals surface area (Å²) < 4.78 is 0. The van der Waals surface area contributed by atoms with Gasteiger partial charge in [0.1, 0.15) is 0 Å². The number of hydrogen-bond acceptors (Lipinski definition) is 3. The van der Waals surface area contributed by atoms with E-state index in [1.54, 1.807) is 0 Å². The third-order valence-corrected chi connectivity index (χ3v) is 4.33. The van der Waals surface area contributed by atoms with E-state index in [0.717, 1.165) is 35.2 Å². The third-order valence-electron chi connectivity index (χ3n) is 4.10. The van der Waals surface area contributed by atoms with E-state index in [1.807, 2.05) is 24.3 Å². The topological polar surface area (TPSA) is 28.2 Å². The van der Waals surface area contributed by atoms with Crippen LogP contribution in [0.2, 0.25) is 5.02 Å². The van der Waals surface area contributed by atoms with E-state index in [4.69, 9.17) is 16.6 Å². The van der Waals surface area contributed by atoms with Crippen molar-refractivity contribution in [1.82, 2.24) is 4.98 Å². The van der Waals surface area contributed by atoms with Crippen molar-refractivity contribution in [3.8, 4) is 11.3 Å². The number of hydrogen-bond donors (Lipinski definition) is 1. The van der Waals surface area contributed by atoms with Crippen molar-refractivity contribution in [2.45, 2.75) is 18.9 Å². The first-order chi connectivity index (χ1) is 9.79. The predicted octanol–water partition coefficient (Wildman–Crippen LogP) is 3.80. The Balaban J connectivity index is 1.76. The van der Waals surface area contributed by atoms with Crippen molar-refractivity contribution < 1.29 is 0 Å². The summed E-state index contributed by atoms with van der Waals surface area (Å²) in [7, 11) is 0. The number of halogens is 1. The minimum Gasteiger partial charge on any atom is -0.366 e. The highest BCUT2D eigenvalue weighted by molar-refractivity contribution is 6.30. The number of piperidine rings is 1. The summed E-state index contributed by atoms with van der Waals surface area (Å²) in [5.74, 6) is 1.01. The number of rotatable bonds is 1. The molecule has 2 aliphatic heterocycles. The van der Waals surface area contributed by atoms with Crippen LogP contribution in [0.4, 0.5) is 11.5 Å². The molecule has 3 nitrogen and oxygen atoms in total. The Labute approximate surface area is 123 Å². The molecule has 3 heterocycles. The molecule has 0 saturated carbocycles. The molecule has 0 radical (unpaired) electrons. The molecule has 0 aliphatic carbocycles. The lowest BCUT2D eigenvalue weighted by atomic mass is 10.0. The summed E-state index contributed by atoms with van der Waals surface area (Å²) in [6.45, 7) is 2.24. The zero-order valence-corrected chi connectivity index (χ0v) is 11.9. The van der Waals surface area contributed by atoms with E-state index < -0.39 is 0 Å². The molecular weight excluding hydrogens is 270 g/mol. The van der Waals surface area contributed by atoms with Crippen LogP contribution in [0.15, 0.2) is 36.4 Å². The van der Waals surface area contributed by atoms with Crippen molar-refractivity contribution in [3.63, 3.8) is 0 Å². The standard InChI is InChI=1S/C16H16ClN3/c17-12-4-1-3-11(9-12)14-6-7-15-16(19-14)18-13-5-2-8-20(15)10-13/h1,3-4,6-7,9,13H,2,5,8,10H2,(H,18,19)/t13-/m0/s1. The van der Waals surface area contributed by atoms with Crippen LogP contribution in [0.3, 0.4) is 0 Å². The molecular formula is C16H16ClN3. The molecule has 1 saturated heterocycles. The lowest BCUT2D eigenvalue weighted by Crippen LogP contribution is -2.46. The highest BCUT2D eigenvalue weighted by atomic mass is 35.5. The van der Waals surface area contributed by atoms with Gasteiger partial charge in [0, 0.05) is 29.7 Å². The second-order valence-corrected chi connectivity index (χ2v) is 5.94. The van der Waals surface area contributed by atoms with Gasteiger partial charge in [0.2, 0.25) is 0 Å². The second kappa shape index (κ2) is 4.67. The summed E-state index contributed by atoms with van der Waals surface area (Å²) >= 11 is 6.06. The molecule has 0 spiro atoms. The first kappa shape index (κ1) is 12.0. The summed E-state index contributed by atoms with van der Waals surface area (Å²) in [5.41, 5.74) is 3.26. The Hall–Kier alpha value is -1.74. The van der Waals surface area contributed by atoms with Gasteiger partial charge in [-0.2, -0.15) is 0 Å². The van der Waals surface area contributed by atoms with Crippen molar-refractivity contribution in [1.29, 1.82) is 0 Å². The van der Waals surface area contributed by atoms with Crippen molar-refractivity contribution >= 4 is 23.1 Å². The van der Waals surface area contributed by atoms with E-state index in [2.05, 4.69) is 22.3 Å². The molecule has 102 valence electrons. The largest absolute Gasteiger partial charge is 0.366 e. The van der Waals surface area contributed by atoms with Gasteiger partial charge >= 0.3 is 0 Å². The van der Waals surface area contributed by atoms with Crippen LogP contribution >= 0.6 is 11.6 Å². The summed E-state index contributed by atoms with van der Waals surface area (Å²) in [5, 5.41) is 4.31. The van der Waals surface area contributed by atoms with E-state index in [1.165, 1.54) is 18.5 Å². The molecule has 1 N–H and O–H groups in total. The maximum Gasteiger partial charge on any atom is 0.150 e. The number of fused-ring (bicyclic) bond motifs is 4. The van der Waals surface area contributed by atoms with Gasteiger partial charge in [-0.05, 0) is 37.1 Å². The van der Waals surface area contributed by atoms with Crippen LogP contribution in [0.25, 0.3) is 11.3 Å². The van der Waals surface area contributed by atoms with Gasteiger partial charge in [0.25, 0.3) is 0 Å². The first-order valence-corrected chi connectivity index (χ1v) is 7.46. The molecule has 2 bridgehead atoms. The molecule has 1 aromatic heterocycles. The number of pyridine rings is 1. The molecule has 2 aromatic rings. The zero-order chi connectivity index (χ0) is 13.5. The molecule has 1 aromatic carbocycles. The number of aromatic nitrogens is 1. The quantitative estimate of drug-likeness (QED) is 0.864. The Kier molecular flexibility index (Phi) is 2.81. The Morgan fingerprint density at radius 3 is 3.10 bits per heavy atom. The smallest absolute Gasteiger partial charge is 0.150 e. The highest BCUT2D eigenvalue weighted by Crippen LogP contribution is 2.35. The van der Waals surface area contributed by atoms with Crippen molar-refractivity contribution in [2.75, 3.05) is 23.3 Å². The normalized spacial score (nSPS) is 20.2. The Morgan fingerprint density at radius 2 is 2.20 bits per heavy atom. The van der Waals surface area contributed by atoms with Gasteiger partial charge in [0.15, 0.2) is 5.82 Å². The van der Waals surface area contributed by atoms with Crippen LogP contribution in [-0.4, -0.2) is 24.1 Å². The number of nitrogens with zero attached hydrogens (tertiary/aromatic N) is 2. The van der Waals surface area contributed by atoms with Gasteiger partial charge in [-0.3, -0.25) is 0 Å². The lowest BCUT2D eigenvalue weighted by molar-refractivity contribution is 0.516. The molecule has 0 unspecified atom stereocenters. The fourth-order valence-corrected chi connectivity index (χ4v) is 3.32. The summed E-state index contributed by atoms with van der Waals surface area (Å²) in [6, 6.07) is 12.7. The van der Waals surface area contributed by atoms with Crippen molar-refractivity contribution in [2.24, 2.45) is 0 Å². The van der Waals surface area contributed by atoms with Gasteiger partial charge < -0.3 is 10.2 Å². The first-order valence-electron chi connectivity index (χ1n) is 7.08. The van der Waals surface area contributed by atoms with Gasteiger partial charge in [-0.1, -0.05) is 23.7 Å². The third kappa shape index (κ3) is 2.02. The molecule has 2 aliphatic rings. The number of anilines is 2. The van der Waals surface area contributed by atoms with Crippen LogP contribution in [0, 0.1) is 0 Å². The lowest BCUT2D eigenvalue weighted by Gasteiger charge is -2.40. The van der Waals surface area contributed by atoms with E-state index in [-0.39, 0.29) is 0 Å². The number of nitrogens with one attached hydrogen (secondary N) is 1. The molecule has 20 heavy (non-hydrogen) atoms. The monoisotopic (exact) mass is 285 g/mol. The summed E-state index contributed by atoms with van der Waals surface area (Å²) in [4.78, 5) is 7.23. The Bertz CT molecular complexity index is 656. The second-order valence-electron chi connectivity index (χ2n) is 5.50. The van der Waals surface area contributed by atoms with Crippen LogP contribution in [0.5, 0.6) is 0 Å². The van der Waals surface area contributed by atoms with E-state index in [0.29, 0.717) is 6.04 Å². The molecule has 1 atom stereocenters. The molecule has 4 heteroatoms. The molecule has 0 amide bonds. The Morgan fingerprint density at radius 1 is 1.25 bits per heavy atom. The maximum atomic E-state index is 6.06. The zero-order valence-electron chi connectivity index (χ0n) is 11.1. The predicted molar refractivity (Wildman–Crippen MR) is 83.5 cm³/mol. The fraction of sp³-hybridized carbons (Fsp3) is 0.312. The van der Waals surface area contributed by atoms with Crippen molar-refractivity contribution in [3.05, 3.63) is 41.4 Å². The van der Waals surface area contributed by atoms with E-state index >= 15 is 0 Å². The maximum absolute atomic E-state index is 6.06. The van der Waals surface area contributed by atoms with Gasteiger partial charge in [0.05, 0.1) is 11.4 Å². The number of benzene rings is 1. The minimum absolute atomic E-state index is 0.540. The fourth-order valence-electron chi connectivity index (χ4n) is 3.13. The molecule has 4 rings (SSSR count). The average Bonchev–Trinajstić information content (AvgIpc) is 2.47. The highest BCUT2D eigenvalue weighted by Gasteiger charge is 2.28.